The summed E-state index contributed by atoms with van der Waals surface area (Å²) in [5.41, 5.74) is 2.75. The minimum absolute atomic E-state index is 0.658. The van der Waals surface area contributed by atoms with Gasteiger partial charge in [-0.25, -0.2) is 0 Å². The van der Waals surface area contributed by atoms with E-state index in [-0.39, 0.29) is 0 Å². The van der Waals surface area contributed by atoms with Crippen LogP contribution in [0.5, 0.6) is 0 Å². The second-order valence-corrected chi connectivity index (χ2v) is 7.20. The molecule has 0 saturated heterocycles. The maximum absolute atomic E-state index is 6.32. The van der Waals surface area contributed by atoms with Gasteiger partial charge in [0.2, 0.25) is 0 Å². The lowest BCUT2D eigenvalue weighted by Crippen LogP contribution is -2.26. The van der Waals surface area contributed by atoms with Gasteiger partial charge in [0.1, 0.15) is 0 Å². The average Bonchev–Trinajstić information content (AvgIpc) is 3.18. The molecule has 3 heteroatoms. The molecule has 112 valence electrons. The first-order valence-electron chi connectivity index (χ1n) is 7.79. The molecule has 1 aliphatic carbocycles. The molecule has 0 aliphatic heterocycles. The minimum Gasteiger partial charge on any atom is -0.314 e. The van der Waals surface area contributed by atoms with Crippen LogP contribution >= 0.6 is 22.9 Å². The Hall–Kier alpha value is -0.830. The second kappa shape index (κ2) is 7.44. The molecular weight excluding hydrogens is 298 g/mol. The predicted octanol–water partition coefficient (Wildman–Crippen LogP) is 4.95. The van der Waals surface area contributed by atoms with Gasteiger partial charge in [0.05, 0.1) is 0 Å². The van der Waals surface area contributed by atoms with Gasteiger partial charge < -0.3 is 5.32 Å². The Kier molecular flexibility index (Phi) is 5.34. The smallest absolute Gasteiger partial charge is 0.0438 e. The number of hydrogen-bond donors (Lipinski definition) is 1. The lowest BCUT2D eigenvalue weighted by atomic mass is 9.93. The molecule has 1 aliphatic rings. The number of nitrogens with one attached hydrogen (secondary N) is 1. The average molecular weight is 320 g/mol. The van der Waals surface area contributed by atoms with Crippen LogP contribution in [0, 0.1) is 5.92 Å². The van der Waals surface area contributed by atoms with E-state index in [9.17, 15) is 0 Å². The van der Waals surface area contributed by atoms with Crippen molar-refractivity contribution in [3.05, 3.63) is 57.2 Å². The number of benzene rings is 1. The molecule has 2 aromatic rings. The SMILES string of the molecule is Clc1ccccc1CC(CCc1ccsc1)CNC1CC1. The van der Waals surface area contributed by atoms with Gasteiger partial charge in [-0.1, -0.05) is 29.8 Å². The molecule has 1 saturated carbocycles. The zero-order chi connectivity index (χ0) is 14.5. The molecule has 1 N–H and O–H groups in total. The zero-order valence-corrected chi connectivity index (χ0v) is 13.8. The molecule has 1 unspecified atom stereocenters. The van der Waals surface area contributed by atoms with Crippen LogP contribution in [0.1, 0.15) is 30.4 Å². The van der Waals surface area contributed by atoms with E-state index in [1.165, 1.54) is 36.8 Å². The third kappa shape index (κ3) is 4.84. The summed E-state index contributed by atoms with van der Waals surface area (Å²) in [6.07, 6.45) is 6.17. The van der Waals surface area contributed by atoms with Crippen molar-refractivity contribution < 1.29 is 0 Å². The van der Waals surface area contributed by atoms with E-state index in [0.29, 0.717) is 5.92 Å². The fourth-order valence-corrected chi connectivity index (χ4v) is 3.59. The van der Waals surface area contributed by atoms with Crippen molar-refractivity contribution in [2.75, 3.05) is 6.54 Å². The highest BCUT2D eigenvalue weighted by atomic mass is 35.5. The molecule has 3 rings (SSSR count). The normalized spacial score (nSPS) is 16.0. The van der Waals surface area contributed by atoms with Crippen LogP contribution in [0.25, 0.3) is 0 Å². The Morgan fingerprint density at radius 2 is 2.10 bits per heavy atom. The van der Waals surface area contributed by atoms with Crippen LogP contribution in [0.3, 0.4) is 0 Å². The highest BCUT2D eigenvalue weighted by Gasteiger charge is 2.22. The molecule has 1 aromatic carbocycles. The molecule has 0 radical (unpaired) electrons. The summed E-state index contributed by atoms with van der Waals surface area (Å²) >= 11 is 8.11. The predicted molar refractivity (Wildman–Crippen MR) is 92.3 cm³/mol. The van der Waals surface area contributed by atoms with Crippen molar-refractivity contribution in [3.8, 4) is 0 Å². The second-order valence-electron chi connectivity index (χ2n) is 6.01. The zero-order valence-electron chi connectivity index (χ0n) is 12.2. The standard InChI is InChI=1S/C18H22ClNS/c19-18-4-2-1-3-16(18)11-15(12-20-17-7-8-17)6-5-14-9-10-21-13-14/h1-4,9-10,13,15,17,20H,5-8,11-12H2. The van der Waals surface area contributed by atoms with Gasteiger partial charge in [0.25, 0.3) is 0 Å². The summed E-state index contributed by atoms with van der Waals surface area (Å²) in [6, 6.07) is 11.3. The molecule has 21 heavy (non-hydrogen) atoms. The maximum Gasteiger partial charge on any atom is 0.0438 e. The molecule has 1 fully saturated rings. The van der Waals surface area contributed by atoms with Gasteiger partial charge in [-0.3, -0.25) is 0 Å². The summed E-state index contributed by atoms with van der Waals surface area (Å²) in [5, 5.41) is 9.03. The summed E-state index contributed by atoms with van der Waals surface area (Å²) in [5.74, 6) is 0.658. The van der Waals surface area contributed by atoms with Gasteiger partial charge >= 0.3 is 0 Å². The van der Waals surface area contributed by atoms with E-state index in [2.05, 4.69) is 34.3 Å². The topological polar surface area (TPSA) is 12.0 Å². The van der Waals surface area contributed by atoms with Crippen molar-refractivity contribution in [3.63, 3.8) is 0 Å². The number of halogens is 1. The molecule has 1 aromatic heterocycles. The fraction of sp³-hybridized carbons (Fsp3) is 0.444. The van der Waals surface area contributed by atoms with Crippen LogP contribution in [-0.2, 0) is 12.8 Å². The van der Waals surface area contributed by atoms with Crippen LogP contribution in [0.15, 0.2) is 41.1 Å². The Morgan fingerprint density at radius 1 is 1.24 bits per heavy atom. The number of rotatable bonds is 8. The summed E-state index contributed by atoms with van der Waals surface area (Å²) < 4.78 is 0. The lowest BCUT2D eigenvalue weighted by molar-refractivity contribution is 0.442. The summed E-state index contributed by atoms with van der Waals surface area (Å²) in [4.78, 5) is 0. The van der Waals surface area contributed by atoms with Crippen molar-refractivity contribution in [1.29, 1.82) is 0 Å². The molecule has 0 amide bonds. The fourth-order valence-electron chi connectivity index (χ4n) is 2.68. The molecule has 1 atom stereocenters. The third-order valence-corrected chi connectivity index (χ3v) is 5.26. The Balaban J connectivity index is 1.58. The van der Waals surface area contributed by atoms with Crippen molar-refractivity contribution in [2.45, 2.75) is 38.1 Å². The van der Waals surface area contributed by atoms with E-state index in [0.717, 1.165) is 24.0 Å². The van der Waals surface area contributed by atoms with Crippen molar-refractivity contribution >= 4 is 22.9 Å². The highest BCUT2D eigenvalue weighted by molar-refractivity contribution is 7.07. The number of hydrogen-bond acceptors (Lipinski definition) is 2. The van der Waals surface area contributed by atoms with Crippen LogP contribution in [-0.4, -0.2) is 12.6 Å². The minimum atomic E-state index is 0.658. The molecular formula is C18H22ClNS. The quantitative estimate of drug-likeness (QED) is 0.726. The third-order valence-electron chi connectivity index (χ3n) is 4.16. The molecule has 1 nitrogen and oxygen atoms in total. The van der Waals surface area contributed by atoms with E-state index in [1.807, 2.05) is 12.1 Å². The van der Waals surface area contributed by atoms with E-state index in [4.69, 9.17) is 11.6 Å². The lowest BCUT2D eigenvalue weighted by Gasteiger charge is -2.18. The Morgan fingerprint density at radius 3 is 2.81 bits per heavy atom. The first-order chi connectivity index (χ1) is 10.3. The molecule has 0 spiro atoms. The Labute approximate surface area is 136 Å². The monoisotopic (exact) mass is 319 g/mol. The maximum atomic E-state index is 6.32. The first kappa shape index (κ1) is 15.1. The molecule has 0 bridgehead atoms. The van der Waals surface area contributed by atoms with Gasteiger partial charge in [-0.2, -0.15) is 11.3 Å². The van der Waals surface area contributed by atoms with Gasteiger partial charge in [-0.05, 0) is 78.6 Å². The number of thiophene rings is 1. The summed E-state index contributed by atoms with van der Waals surface area (Å²) in [6.45, 7) is 1.11. The largest absolute Gasteiger partial charge is 0.314 e. The van der Waals surface area contributed by atoms with Gasteiger partial charge in [0.15, 0.2) is 0 Å². The highest BCUT2D eigenvalue weighted by Crippen LogP contribution is 2.24. The Bertz CT molecular complexity index is 548. The number of aryl methyl sites for hydroxylation is 1. The summed E-state index contributed by atoms with van der Waals surface area (Å²) in [7, 11) is 0. The van der Waals surface area contributed by atoms with Crippen LogP contribution in [0.2, 0.25) is 5.02 Å². The van der Waals surface area contributed by atoms with E-state index in [1.54, 1.807) is 11.3 Å². The molecule has 1 heterocycles. The van der Waals surface area contributed by atoms with Gasteiger partial charge in [-0.15, -0.1) is 0 Å². The van der Waals surface area contributed by atoms with Crippen molar-refractivity contribution in [2.24, 2.45) is 5.92 Å². The van der Waals surface area contributed by atoms with Crippen LogP contribution < -0.4 is 5.32 Å². The van der Waals surface area contributed by atoms with E-state index >= 15 is 0 Å². The van der Waals surface area contributed by atoms with Gasteiger partial charge in [0, 0.05) is 11.1 Å². The first-order valence-corrected chi connectivity index (χ1v) is 9.11. The van der Waals surface area contributed by atoms with Crippen molar-refractivity contribution in [1.82, 2.24) is 5.32 Å². The van der Waals surface area contributed by atoms with E-state index < -0.39 is 0 Å². The van der Waals surface area contributed by atoms with Crippen LogP contribution in [0.4, 0.5) is 0 Å².